The number of methoxy groups -OCH3 is 3. The normalized spacial score (nSPS) is 17.8. The molecule has 1 N–H and O–H groups in total. The number of aliphatic hydroxyl groups excluding tert-OH is 1. The van der Waals surface area contributed by atoms with Crippen LogP contribution in [-0.4, -0.2) is 56.2 Å². The van der Waals surface area contributed by atoms with Gasteiger partial charge in [0.1, 0.15) is 17.3 Å². The molecule has 0 saturated carbocycles. The fraction of sp³-hybridized carbons (Fsp3) is 0.273. The van der Waals surface area contributed by atoms with Gasteiger partial charge >= 0.3 is 0 Å². The van der Waals surface area contributed by atoms with Gasteiger partial charge < -0.3 is 24.2 Å². The van der Waals surface area contributed by atoms with Gasteiger partial charge in [0.2, 0.25) is 0 Å². The minimum absolute atomic E-state index is 0.102. The summed E-state index contributed by atoms with van der Waals surface area (Å²) in [5.41, 5.74) is 0.515. The molecule has 1 atom stereocenters. The van der Waals surface area contributed by atoms with Crippen LogP contribution in [0.2, 0.25) is 10.0 Å². The van der Waals surface area contributed by atoms with E-state index in [9.17, 15) is 14.7 Å². The fourth-order valence-electron chi connectivity index (χ4n) is 3.60. The van der Waals surface area contributed by atoms with Crippen LogP contribution in [0.3, 0.4) is 0 Å². The van der Waals surface area contributed by atoms with E-state index >= 15 is 0 Å². The van der Waals surface area contributed by atoms with E-state index in [1.54, 1.807) is 24.3 Å². The molecule has 1 aliphatic heterocycles. The lowest BCUT2D eigenvalue weighted by molar-refractivity contribution is -0.140. The minimum atomic E-state index is -0.909. The molecule has 1 aliphatic rings. The Hall–Kier alpha value is -2.74. The number of amides is 1. The first-order valence-electron chi connectivity index (χ1n) is 9.29. The Morgan fingerprint density at radius 3 is 2.45 bits per heavy atom. The molecular formula is C22H21Cl2NO6. The number of hydrogen-bond donors (Lipinski definition) is 1. The van der Waals surface area contributed by atoms with Crippen LogP contribution in [0.5, 0.6) is 11.5 Å². The molecule has 7 nitrogen and oxygen atoms in total. The van der Waals surface area contributed by atoms with Crippen LogP contribution < -0.4 is 9.47 Å². The summed E-state index contributed by atoms with van der Waals surface area (Å²) in [6.45, 7) is 0.332. The van der Waals surface area contributed by atoms with Gasteiger partial charge in [-0.2, -0.15) is 0 Å². The third-order valence-electron chi connectivity index (χ3n) is 4.98. The molecule has 1 heterocycles. The lowest BCUT2D eigenvalue weighted by Crippen LogP contribution is -2.32. The summed E-state index contributed by atoms with van der Waals surface area (Å²) in [6, 6.07) is 8.92. The van der Waals surface area contributed by atoms with E-state index in [4.69, 9.17) is 37.4 Å². The summed E-state index contributed by atoms with van der Waals surface area (Å²) >= 11 is 12.3. The SMILES string of the molecule is COCCN1C(=O)C(=O)/C(=C(/O)c2cc(Cl)cc(Cl)c2OC)C1c1ccccc1OC. The van der Waals surface area contributed by atoms with Crippen molar-refractivity contribution in [2.45, 2.75) is 6.04 Å². The summed E-state index contributed by atoms with van der Waals surface area (Å²) in [4.78, 5) is 27.3. The van der Waals surface area contributed by atoms with Gasteiger partial charge in [0, 0.05) is 24.2 Å². The average molecular weight is 466 g/mol. The second-order valence-electron chi connectivity index (χ2n) is 6.70. The lowest BCUT2D eigenvalue weighted by Gasteiger charge is -2.26. The standard InChI is InChI=1S/C22H21Cl2NO6/c1-29-9-8-25-18(13-6-4-5-7-16(13)30-2)17(20(27)22(25)28)19(26)14-10-12(23)11-15(24)21(14)31-3/h4-7,10-11,18,26H,8-9H2,1-3H3/b19-17+. The van der Waals surface area contributed by atoms with Crippen molar-refractivity contribution in [1.29, 1.82) is 0 Å². The molecule has 1 fully saturated rings. The third kappa shape index (κ3) is 4.21. The fourth-order valence-corrected chi connectivity index (χ4v) is 4.18. The van der Waals surface area contributed by atoms with Crippen LogP contribution in [0.15, 0.2) is 42.0 Å². The number of aliphatic hydroxyl groups is 1. The number of nitrogens with zero attached hydrogens (tertiary/aromatic N) is 1. The molecule has 2 aromatic carbocycles. The number of rotatable bonds is 7. The highest BCUT2D eigenvalue weighted by molar-refractivity contribution is 6.47. The molecule has 9 heteroatoms. The van der Waals surface area contributed by atoms with Crippen LogP contribution in [0.4, 0.5) is 0 Å². The smallest absolute Gasteiger partial charge is 0.295 e. The first-order chi connectivity index (χ1) is 14.8. The van der Waals surface area contributed by atoms with Gasteiger partial charge in [-0.15, -0.1) is 0 Å². The first-order valence-corrected chi connectivity index (χ1v) is 10.0. The van der Waals surface area contributed by atoms with E-state index in [0.717, 1.165) is 0 Å². The maximum atomic E-state index is 13.0. The highest BCUT2D eigenvalue weighted by atomic mass is 35.5. The van der Waals surface area contributed by atoms with Crippen LogP contribution in [-0.2, 0) is 14.3 Å². The van der Waals surface area contributed by atoms with Gasteiger partial charge in [-0.25, -0.2) is 0 Å². The molecule has 0 spiro atoms. The highest BCUT2D eigenvalue weighted by Gasteiger charge is 2.47. The Morgan fingerprint density at radius 2 is 1.81 bits per heavy atom. The van der Waals surface area contributed by atoms with Crippen LogP contribution in [0.1, 0.15) is 17.2 Å². The number of carbonyl (C=O) groups is 2. The number of likely N-dealkylation sites (tertiary alicyclic amines) is 1. The first kappa shape index (κ1) is 22.9. The lowest BCUT2D eigenvalue weighted by atomic mass is 9.94. The summed E-state index contributed by atoms with van der Waals surface area (Å²) in [7, 11) is 4.36. The van der Waals surface area contributed by atoms with Crippen molar-refractivity contribution >= 4 is 40.7 Å². The Labute approximate surface area is 189 Å². The molecule has 0 radical (unpaired) electrons. The summed E-state index contributed by atoms with van der Waals surface area (Å²) in [5, 5.41) is 11.6. The maximum absolute atomic E-state index is 13.0. The van der Waals surface area contributed by atoms with Crippen LogP contribution in [0.25, 0.3) is 5.76 Å². The second kappa shape index (κ2) is 9.60. The number of benzene rings is 2. The summed E-state index contributed by atoms with van der Waals surface area (Å²) in [6.07, 6.45) is 0. The number of halogens is 2. The van der Waals surface area contributed by atoms with Gasteiger partial charge in [-0.1, -0.05) is 41.4 Å². The Bertz CT molecular complexity index is 1050. The molecule has 0 aliphatic carbocycles. The van der Waals surface area contributed by atoms with Gasteiger partial charge in [-0.05, 0) is 18.2 Å². The zero-order valence-corrected chi connectivity index (χ0v) is 18.7. The number of carbonyl (C=O) groups excluding carboxylic acids is 2. The Kier molecular flexibility index (Phi) is 7.10. The predicted octanol–water partition coefficient (Wildman–Crippen LogP) is 4.08. The van der Waals surface area contributed by atoms with Crippen molar-refractivity contribution in [3.05, 3.63) is 63.1 Å². The van der Waals surface area contributed by atoms with Gasteiger partial charge in [0.05, 0.1) is 43.0 Å². The molecule has 1 unspecified atom stereocenters. The van der Waals surface area contributed by atoms with E-state index in [-0.39, 0.29) is 40.1 Å². The van der Waals surface area contributed by atoms with E-state index in [1.807, 2.05) is 0 Å². The van der Waals surface area contributed by atoms with Gasteiger partial charge in [-0.3, -0.25) is 9.59 Å². The quantitative estimate of drug-likeness (QED) is 0.376. The minimum Gasteiger partial charge on any atom is -0.507 e. The van der Waals surface area contributed by atoms with Crippen molar-refractivity contribution in [3.63, 3.8) is 0 Å². The van der Waals surface area contributed by atoms with Gasteiger partial charge in [0.15, 0.2) is 0 Å². The van der Waals surface area contributed by atoms with Gasteiger partial charge in [0.25, 0.3) is 11.7 Å². The molecule has 1 amide bonds. The number of hydrogen-bond acceptors (Lipinski definition) is 6. The van der Waals surface area contributed by atoms with E-state index < -0.39 is 23.5 Å². The summed E-state index contributed by atoms with van der Waals surface area (Å²) < 4.78 is 15.9. The molecule has 3 rings (SSSR count). The molecule has 1 saturated heterocycles. The molecule has 164 valence electrons. The Morgan fingerprint density at radius 1 is 1.10 bits per heavy atom. The number of ether oxygens (including phenoxy) is 3. The monoisotopic (exact) mass is 465 g/mol. The average Bonchev–Trinajstić information content (AvgIpc) is 3.01. The largest absolute Gasteiger partial charge is 0.507 e. The van der Waals surface area contributed by atoms with Crippen molar-refractivity contribution in [2.75, 3.05) is 34.5 Å². The van der Waals surface area contributed by atoms with Crippen molar-refractivity contribution in [3.8, 4) is 11.5 Å². The second-order valence-corrected chi connectivity index (χ2v) is 7.54. The maximum Gasteiger partial charge on any atom is 0.295 e. The van der Waals surface area contributed by atoms with Crippen LogP contribution in [0, 0.1) is 0 Å². The number of Topliss-reactive ketones (excluding diaryl/α,β-unsaturated/α-hetero) is 1. The van der Waals surface area contributed by atoms with Crippen LogP contribution >= 0.6 is 23.2 Å². The topological polar surface area (TPSA) is 85.3 Å². The number of para-hydroxylation sites is 1. The van der Waals surface area contributed by atoms with E-state index in [1.165, 1.54) is 38.4 Å². The molecule has 0 bridgehead atoms. The van der Waals surface area contributed by atoms with E-state index in [2.05, 4.69) is 0 Å². The molecule has 0 aromatic heterocycles. The zero-order chi connectivity index (χ0) is 22.7. The molecule has 2 aromatic rings. The Balaban J connectivity index is 2.30. The van der Waals surface area contributed by atoms with Crippen molar-refractivity contribution in [1.82, 2.24) is 4.90 Å². The van der Waals surface area contributed by atoms with Crippen molar-refractivity contribution < 1.29 is 28.9 Å². The zero-order valence-electron chi connectivity index (χ0n) is 17.1. The third-order valence-corrected chi connectivity index (χ3v) is 5.48. The molecule has 31 heavy (non-hydrogen) atoms. The van der Waals surface area contributed by atoms with E-state index in [0.29, 0.717) is 11.3 Å². The highest BCUT2D eigenvalue weighted by Crippen LogP contribution is 2.45. The summed E-state index contributed by atoms with van der Waals surface area (Å²) in [5.74, 6) is -1.47. The number of ketones is 1. The van der Waals surface area contributed by atoms with Crippen molar-refractivity contribution in [2.24, 2.45) is 0 Å². The predicted molar refractivity (Wildman–Crippen MR) is 117 cm³/mol. The molecular weight excluding hydrogens is 445 g/mol.